The molecule has 2 aromatic rings. The Labute approximate surface area is 106 Å². The summed E-state index contributed by atoms with van der Waals surface area (Å²) in [5.74, 6) is 1.97. The van der Waals surface area contributed by atoms with Crippen molar-refractivity contribution in [3.8, 4) is 0 Å². The van der Waals surface area contributed by atoms with Crippen LogP contribution in [0.4, 0.5) is 11.6 Å². The Morgan fingerprint density at radius 3 is 2.61 bits per heavy atom. The first-order valence-electron chi connectivity index (χ1n) is 5.81. The highest BCUT2D eigenvalue weighted by Crippen LogP contribution is 2.18. The summed E-state index contributed by atoms with van der Waals surface area (Å²) in [7, 11) is 1.93. The number of hydrogen-bond acceptors (Lipinski definition) is 5. The van der Waals surface area contributed by atoms with E-state index in [2.05, 4.69) is 20.4 Å². The lowest BCUT2D eigenvalue weighted by atomic mass is 10.2. The molecule has 2 aromatic heterocycles. The van der Waals surface area contributed by atoms with Gasteiger partial charge >= 0.3 is 0 Å². The van der Waals surface area contributed by atoms with Gasteiger partial charge in [0.15, 0.2) is 0 Å². The summed E-state index contributed by atoms with van der Waals surface area (Å²) < 4.78 is 1.85. The predicted molar refractivity (Wildman–Crippen MR) is 71.2 cm³/mol. The summed E-state index contributed by atoms with van der Waals surface area (Å²) in [6.45, 7) is 6.45. The fourth-order valence-electron chi connectivity index (χ4n) is 1.72. The molecule has 6 nitrogen and oxygen atoms in total. The summed E-state index contributed by atoms with van der Waals surface area (Å²) in [5.41, 5.74) is 8.98. The van der Waals surface area contributed by atoms with Crippen molar-refractivity contribution in [2.45, 2.75) is 27.3 Å². The first kappa shape index (κ1) is 12.3. The molecular weight excluding hydrogens is 228 g/mol. The van der Waals surface area contributed by atoms with Crippen molar-refractivity contribution in [1.82, 2.24) is 19.7 Å². The van der Waals surface area contributed by atoms with Gasteiger partial charge in [0.2, 0.25) is 0 Å². The van der Waals surface area contributed by atoms with Crippen LogP contribution in [0, 0.1) is 20.8 Å². The number of aryl methyl sites for hydroxylation is 2. The van der Waals surface area contributed by atoms with Gasteiger partial charge in [-0.25, -0.2) is 9.97 Å². The van der Waals surface area contributed by atoms with E-state index >= 15 is 0 Å². The minimum atomic E-state index is 0.521. The number of nitrogens with zero attached hydrogens (tertiary/aromatic N) is 4. The molecule has 0 aliphatic heterocycles. The van der Waals surface area contributed by atoms with Crippen molar-refractivity contribution in [3.05, 3.63) is 28.8 Å². The second-order valence-electron chi connectivity index (χ2n) is 4.36. The summed E-state index contributed by atoms with van der Waals surface area (Å²) in [4.78, 5) is 8.48. The number of nitrogens with one attached hydrogen (secondary N) is 1. The fourth-order valence-corrected chi connectivity index (χ4v) is 1.72. The molecule has 0 fully saturated rings. The van der Waals surface area contributed by atoms with Crippen LogP contribution in [0.1, 0.15) is 22.6 Å². The van der Waals surface area contributed by atoms with Crippen molar-refractivity contribution in [3.63, 3.8) is 0 Å². The van der Waals surface area contributed by atoms with E-state index in [4.69, 9.17) is 5.73 Å². The Hall–Kier alpha value is -2.11. The third kappa shape index (κ3) is 2.27. The molecule has 18 heavy (non-hydrogen) atoms. The highest BCUT2D eigenvalue weighted by Gasteiger charge is 2.08. The number of nitrogen functional groups attached to an aromatic ring is 1. The lowest BCUT2D eigenvalue weighted by Gasteiger charge is -2.10. The van der Waals surface area contributed by atoms with Gasteiger partial charge in [-0.1, -0.05) is 0 Å². The molecule has 3 N–H and O–H groups in total. The maximum absolute atomic E-state index is 5.82. The van der Waals surface area contributed by atoms with E-state index < -0.39 is 0 Å². The van der Waals surface area contributed by atoms with Crippen molar-refractivity contribution >= 4 is 11.6 Å². The highest BCUT2D eigenvalue weighted by atomic mass is 15.3. The average Bonchev–Trinajstić information content (AvgIpc) is 2.63. The number of anilines is 2. The average molecular weight is 246 g/mol. The van der Waals surface area contributed by atoms with Crippen molar-refractivity contribution in [2.24, 2.45) is 7.05 Å². The van der Waals surface area contributed by atoms with E-state index in [0.717, 1.165) is 22.6 Å². The van der Waals surface area contributed by atoms with Gasteiger partial charge in [-0.05, 0) is 20.8 Å². The molecule has 0 saturated heterocycles. The van der Waals surface area contributed by atoms with Gasteiger partial charge in [-0.3, -0.25) is 4.68 Å². The molecule has 0 atom stereocenters. The van der Waals surface area contributed by atoms with E-state index in [1.165, 1.54) is 0 Å². The molecule has 0 aliphatic rings. The molecule has 0 aromatic carbocycles. The molecule has 0 bridgehead atoms. The molecule has 2 heterocycles. The zero-order valence-electron chi connectivity index (χ0n) is 11.2. The van der Waals surface area contributed by atoms with Crippen LogP contribution in [0.3, 0.4) is 0 Å². The third-order valence-corrected chi connectivity index (χ3v) is 3.08. The number of hydrogen-bond donors (Lipinski definition) is 2. The van der Waals surface area contributed by atoms with E-state index in [0.29, 0.717) is 18.2 Å². The van der Waals surface area contributed by atoms with Gasteiger partial charge in [-0.2, -0.15) is 5.10 Å². The van der Waals surface area contributed by atoms with Gasteiger partial charge in [-0.15, -0.1) is 0 Å². The molecule has 0 saturated carbocycles. The Balaban J connectivity index is 2.18. The Morgan fingerprint density at radius 2 is 2.00 bits per heavy atom. The number of nitrogens with two attached hydrogens (primary N) is 1. The smallest absolute Gasteiger partial charge is 0.135 e. The molecule has 6 heteroatoms. The van der Waals surface area contributed by atoms with E-state index in [1.807, 2.05) is 38.7 Å². The fraction of sp³-hybridized carbons (Fsp3) is 0.417. The van der Waals surface area contributed by atoms with Crippen LogP contribution in [0.15, 0.2) is 6.20 Å². The minimum Gasteiger partial charge on any atom is -0.383 e. The van der Waals surface area contributed by atoms with Gasteiger partial charge < -0.3 is 11.1 Å². The third-order valence-electron chi connectivity index (χ3n) is 3.08. The summed E-state index contributed by atoms with van der Waals surface area (Å²) >= 11 is 0. The molecule has 0 amide bonds. The van der Waals surface area contributed by atoms with Gasteiger partial charge in [0, 0.05) is 30.4 Å². The Morgan fingerprint density at radius 1 is 1.28 bits per heavy atom. The largest absolute Gasteiger partial charge is 0.383 e. The monoisotopic (exact) mass is 246 g/mol. The van der Waals surface area contributed by atoms with Gasteiger partial charge in [0.1, 0.15) is 17.5 Å². The Bertz CT molecular complexity index is 572. The first-order valence-corrected chi connectivity index (χ1v) is 5.81. The number of rotatable bonds is 3. The normalized spacial score (nSPS) is 10.7. The van der Waals surface area contributed by atoms with Crippen LogP contribution >= 0.6 is 0 Å². The van der Waals surface area contributed by atoms with Crippen LogP contribution in [-0.4, -0.2) is 19.7 Å². The summed E-state index contributed by atoms with van der Waals surface area (Å²) in [5, 5.41) is 7.49. The summed E-state index contributed by atoms with van der Waals surface area (Å²) in [6.07, 6.45) is 1.86. The van der Waals surface area contributed by atoms with Crippen LogP contribution in [0.2, 0.25) is 0 Å². The molecule has 0 unspecified atom stereocenters. The van der Waals surface area contributed by atoms with Crippen LogP contribution in [0.5, 0.6) is 0 Å². The standard InChI is InChI=1S/C12H18N6/c1-7-11(13)16-9(3)17-12(7)14-5-10-6-15-18(4)8(10)2/h6H,5H2,1-4H3,(H3,13,14,16,17). The maximum Gasteiger partial charge on any atom is 0.135 e. The second kappa shape index (κ2) is 4.64. The maximum atomic E-state index is 5.82. The number of aromatic nitrogens is 4. The first-order chi connectivity index (χ1) is 8.49. The Kier molecular flexibility index (Phi) is 3.18. The lowest BCUT2D eigenvalue weighted by molar-refractivity contribution is 0.738. The second-order valence-corrected chi connectivity index (χ2v) is 4.36. The van der Waals surface area contributed by atoms with Gasteiger partial charge in [0.25, 0.3) is 0 Å². The van der Waals surface area contributed by atoms with Crippen molar-refractivity contribution in [1.29, 1.82) is 0 Å². The summed E-state index contributed by atoms with van der Waals surface area (Å²) in [6, 6.07) is 0. The van der Waals surface area contributed by atoms with Crippen LogP contribution in [0.25, 0.3) is 0 Å². The van der Waals surface area contributed by atoms with Gasteiger partial charge in [0.05, 0.1) is 6.20 Å². The molecular formula is C12H18N6. The van der Waals surface area contributed by atoms with E-state index in [-0.39, 0.29) is 0 Å². The van der Waals surface area contributed by atoms with Crippen LogP contribution in [-0.2, 0) is 13.6 Å². The predicted octanol–water partition coefficient (Wildman–Crippen LogP) is 1.33. The molecule has 0 radical (unpaired) electrons. The van der Waals surface area contributed by atoms with Crippen LogP contribution < -0.4 is 11.1 Å². The van der Waals surface area contributed by atoms with Crippen molar-refractivity contribution < 1.29 is 0 Å². The quantitative estimate of drug-likeness (QED) is 0.853. The highest BCUT2D eigenvalue weighted by molar-refractivity contribution is 5.54. The van der Waals surface area contributed by atoms with E-state index in [1.54, 1.807) is 0 Å². The minimum absolute atomic E-state index is 0.521. The topological polar surface area (TPSA) is 81.6 Å². The van der Waals surface area contributed by atoms with Crippen molar-refractivity contribution in [2.75, 3.05) is 11.1 Å². The lowest BCUT2D eigenvalue weighted by Crippen LogP contribution is -2.08. The molecule has 96 valence electrons. The van der Waals surface area contributed by atoms with E-state index in [9.17, 15) is 0 Å². The SMILES string of the molecule is Cc1nc(N)c(C)c(NCc2cnn(C)c2C)n1. The zero-order valence-corrected chi connectivity index (χ0v) is 11.2. The molecule has 2 rings (SSSR count). The zero-order chi connectivity index (χ0) is 13.3. The molecule has 0 spiro atoms. The molecule has 0 aliphatic carbocycles.